The second-order valence-electron chi connectivity index (χ2n) is 4.84. The molecule has 1 unspecified atom stereocenters. The molecule has 118 valence electrons. The highest BCUT2D eigenvalue weighted by molar-refractivity contribution is 7.89. The van der Waals surface area contributed by atoms with Crippen LogP contribution in [0.5, 0.6) is 0 Å². The van der Waals surface area contributed by atoms with E-state index in [-0.39, 0.29) is 11.4 Å². The maximum Gasteiger partial charge on any atom is 0.320 e. The SMILES string of the molecule is CCc1ccc(S(=O)(=O)NCCCCC(N)C(=O)O)cc1. The fourth-order valence-electron chi connectivity index (χ4n) is 1.81. The molecule has 7 heteroatoms. The van der Waals surface area contributed by atoms with Crippen LogP contribution in [0.4, 0.5) is 0 Å². The first-order chi connectivity index (χ1) is 9.86. The summed E-state index contributed by atoms with van der Waals surface area (Å²) in [7, 11) is -3.50. The summed E-state index contributed by atoms with van der Waals surface area (Å²) in [4.78, 5) is 10.8. The summed E-state index contributed by atoms with van der Waals surface area (Å²) in [5.41, 5.74) is 6.44. The monoisotopic (exact) mass is 314 g/mol. The van der Waals surface area contributed by atoms with E-state index in [0.29, 0.717) is 19.3 Å². The van der Waals surface area contributed by atoms with Gasteiger partial charge in [-0.2, -0.15) is 0 Å². The Bertz CT molecular complexity index is 555. The number of carboxylic acid groups (broad SMARTS) is 1. The molecular formula is C14H22N2O4S. The molecular weight excluding hydrogens is 292 g/mol. The number of aryl methyl sites for hydroxylation is 1. The third-order valence-corrected chi connectivity index (χ3v) is 4.67. The number of hydrogen-bond acceptors (Lipinski definition) is 4. The number of nitrogens with two attached hydrogens (primary N) is 1. The van der Waals surface area contributed by atoms with Gasteiger partial charge < -0.3 is 10.8 Å². The normalized spacial score (nSPS) is 13.0. The smallest absolute Gasteiger partial charge is 0.320 e. The molecule has 0 aliphatic heterocycles. The molecule has 0 saturated carbocycles. The van der Waals surface area contributed by atoms with Crippen molar-refractivity contribution in [2.75, 3.05) is 6.54 Å². The zero-order chi connectivity index (χ0) is 15.9. The number of hydrogen-bond donors (Lipinski definition) is 3. The molecule has 1 atom stereocenters. The van der Waals surface area contributed by atoms with Crippen molar-refractivity contribution < 1.29 is 18.3 Å². The summed E-state index contributed by atoms with van der Waals surface area (Å²) < 4.78 is 26.5. The quantitative estimate of drug-likeness (QED) is 0.591. The van der Waals surface area contributed by atoms with Crippen LogP contribution in [0.1, 0.15) is 31.7 Å². The van der Waals surface area contributed by atoms with E-state index >= 15 is 0 Å². The molecule has 0 radical (unpaired) electrons. The van der Waals surface area contributed by atoms with Gasteiger partial charge in [0.2, 0.25) is 10.0 Å². The molecule has 21 heavy (non-hydrogen) atoms. The molecule has 4 N–H and O–H groups in total. The molecule has 1 aromatic rings. The van der Waals surface area contributed by atoms with Crippen molar-refractivity contribution in [3.63, 3.8) is 0 Å². The third kappa shape index (κ3) is 5.82. The van der Waals surface area contributed by atoms with Crippen LogP contribution in [0, 0.1) is 0 Å². The van der Waals surface area contributed by atoms with Crippen LogP contribution in [0.25, 0.3) is 0 Å². The second kappa shape index (κ2) is 8.11. The minimum atomic E-state index is -3.50. The topological polar surface area (TPSA) is 109 Å². The summed E-state index contributed by atoms with van der Waals surface area (Å²) in [6, 6.07) is 5.87. The molecule has 0 bridgehead atoms. The van der Waals surface area contributed by atoms with E-state index < -0.39 is 22.0 Å². The Morgan fingerprint density at radius 1 is 1.29 bits per heavy atom. The number of unbranched alkanes of at least 4 members (excludes halogenated alkanes) is 1. The predicted molar refractivity (Wildman–Crippen MR) is 80.5 cm³/mol. The maximum absolute atomic E-state index is 12.0. The second-order valence-corrected chi connectivity index (χ2v) is 6.60. The van der Waals surface area contributed by atoms with E-state index in [0.717, 1.165) is 12.0 Å². The minimum Gasteiger partial charge on any atom is -0.480 e. The summed E-state index contributed by atoms with van der Waals surface area (Å²) in [5.74, 6) is -1.04. The number of benzene rings is 1. The van der Waals surface area contributed by atoms with Crippen LogP contribution >= 0.6 is 0 Å². The van der Waals surface area contributed by atoms with E-state index in [2.05, 4.69) is 4.72 Å². The summed E-state index contributed by atoms with van der Waals surface area (Å²) >= 11 is 0. The maximum atomic E-state index is 12.0. The van der Waals surface area contributed by atoms with Crippen LogP contribution < -0.4 is 10.5 Å². The Labute approximate surface area is 125 Å². The van der Waals surface area contributed by atoms with Crippen molar-refractivity contribution in [1.82, 2.24) is 4.72 Å². The number of sulfonamides is 1. The van der Waals surface area contributed by atoms with Gasteiger partial charge in [0.05, 0.1) is 4.90 Å². The Hall–Kier alpha value is -1.44. The Balaban J connectivity index is 2.41. The van der Waals surface area contributed by atoms with Gasteiger partial charge >= 0.3 is 5.97 Å². The van der Waals surface area contributed by atoms with Crippen molar-refractivity contribution >= 4 is 16.0 Å². The van der Waals surface area contributed by atoms with Gasteiger partial charge in [0, 0.05) is 6.54 Å². The van der Waals surface area contributed by atoms with Gasteiger partial charge in [-0.25, -0.2) is 13.1 Å². The Kier molecular flexibility index (Phi) is 6.80. The van der Waals surface area contributed by atoms with E-state index in [1.54, 1.807) is 24.3 Å². The number of aliphatic carboxylic acids is 1. The molecule has 0 aliphatic carbocycles. The van der Waals surface area contributed by atoms with Gasteiger partial charge in [-0.3, -0.25) is 4.79 Å². The first-order valence-electron chi connectivity index (χ1n) is 6.94. The highest BCUT2D eigenvalue weighted by Gasteiger charge is 2.14. The Morgan fingerprint density at radius 3 is 2.43 bits per heavy atom. The zero-order valence-corrected chi connectivity index (χ0v) is 12.9. The van der Waals surface area contributed by atoms with E-state index in [1.807, 2.05) is 6.92 Å². The van der Waals surface area contributed by atoms with Crippen LogP contribution in [0.3, 0.4) is 0 Å². The number of nitrogens with one attached hydrogen (secondary N) is 1. The molecule has 0 aliphatic rings. The lowest BCUT2D eigenvalue weighted by atomic mass is 10.1. The zero-order valence-electron chi connectivity index (χ0n) is 12.1. The standard InChI is InChI=1S/C14H22N2O4S/c1-2-11-6-8-12(9-7-11)21(19,20)16-10-4-3-5-13(15)14(17)18/h6-9,13,16H,2-5,10,15H2,1H3,(H,17,18). The van der Waals surface area contributed by atoms with Crippen molar-refractivity contribution in [2.24, 2.45) is 5.73 Å². The van der Waals surface area contributed by atoms with Gasteiger partial charge in [-0.05, 0) is 37.0 Å². The minimum absolute atomic E-state index is 0.238. The largest absolute Gasteiger partial charge is 0.480 e. The van der Waals surface area contributed by atoms with Gasteiger partial charge in [0.1, 0.15) is 6.04 Å². The average molecular weight is 314 g/mol. The van der Waals surface area contributed by atoms with Crippen molar-refractivity contribution in [1.29, 1.82) is 0 Å². The summed E-state index contributed by atoms with van der Waals surface area (Å²) in [6.45, 7) is 2.27. The molecule has 1 rings (SSSR count). The molecule has 0 spiro atoms. The predicted octanol–water partition coefficient (Wildman–Crippen LogP) is 1.11. The van der Waals surface area contributed by atoms with Crippen LogP contribution in [0.2, 0.25) is 0 Å². The molecule has 0 heterocycles. The van der Waals surface area contributed by atoms with Gasteiger partial charge in [-0.15, -0.1) is 0 Å². The lowest BCUT2D eigenvalue weighted by Crippen LogP contribution is -2.30. The van der Waals surface area contributed by atoms with Gasteiger partial charge in [-0.1, -0.05) is 25.5 Å². The number of carbonyl (C=O) groups is 1. The summed E-state index contributed by atoms with van der Waals surface area (Å²) in [5, 5.41) is 8.62. The molecule has 0 amide bonds. The molecule has 0 fully saturated rings. The molecule has 0 saturated heterocycles. The number of carboxylic acids is 1. The highest BCUT2D eigenvalue weighted by atomic mass is 32.2. The number of rotatable bonds is 9. The lowest BCUT2D eigenvalue weighted by molar-refractivity contribution is -0.138. The van der Waals surface area contributed by atoms with Crippen molar-refractivity contribution in [3.8, 4) is 0 Å². The highest BCUT2D eigenvalue weighted by Crippen LogP contribution is 2.11. The van der Waals surface area contributed by atoms with E-state index in [9.17, 15) is 13.2 Å². The summed E-state index contributed by atoms with van der Waals surface area (Å²) in [6.07, 6.45) is 2.30. The average Bonchev–Trinajstić information content (AvgIpc) is 2.46. The molecule has 1 aromatic carbocycles. The fourth-order valence-corrected chi connectivity index (χ4v) is 2.88. The van der Waals surface area contributed by atoms with Crippen LogP contribution in [-0.2, 0) is 21.2 Å². The van der Waals surface area contributed by atoms with Crippen LogP contribution in [-0.4, -0.2) is 32.1 Å². The fraction of sp³-hybridized carbons (Fsp3) is 0.500. The first-order valence-corrected chi connectivity index (χ1v) is 8.42. The lowest BCUT2D eigenvalue weighted by Gasteiger charge is -2.08. The van der Waals surface area contributed by atoms with Gasteiger partial charge in [0.25, 0.3) is 0 Å². The van der Waals surface area contributed by atoms with E-state index in [4.69, 9.17) is 10.8 Å². The van der Waals surface area contributed by atoms with Gasteiger partial charge in [0.15, 0.2) is 0 Å². The molecule has 6 nitrogen and oxygen atoms in total. The third-order valence-electron chi connectivity index (χ3n) is 3.19. The van der Waals surface area contributed by atoms with Crippen molar-refractivity contribution in [3.05, 3.63) is 29.8 Å². The van der Waals surface area contributed by atoms with Crippen molar-refractivity contribution in [2.45, 2.75) is 43.5 Å². The Morgan fingerprint density at radius 2 is 1.90 bits per heavy atom. The van der Waals surface area contributed by atoms with Crippen LogP contribution in [0.15, 0.2) is 29.2 Å². The molecule has 0 aromatic heterocycles. The van der Waals surface area contributed by atoms with E-state index in [1.165, 1.54) is 0 Å². The first kappa shape index (κ1) is 17.6.